The van der Waals surface area contributed by atoms with Crippen molar-refractivity contribution in [2.45, 2.75) is 19.6 Å². The van der Waals surface area contributed by atoms with Crippen LogP contribution in [-0.2, 0) is 16.1 Å². The molecular weight excluding hydrogens is 178 g/mol. The summed E-state index contributed by atoms with van der Waals surface area (Å²) in [5, 5.41) is 0. The second-order valence-corrected chi connectivity index (χ2v) is 3.15. The van der Waals surface area contributed by atoms with Gasteiger partial charge in [0.1, 0.15) is 0 Å². The van der Waals surface area contributed by atoms with E-state index in [4.69, 9.17) is 9.57 Å². The monoisotopic (exact) mass is 195 g/mol. The summed E-state index contributed by atoms with van der Waals surface area (Å²) in [6.45, 7) is 2.74. The molecule has 1 aromatic carbocycles. The number of ether oxygens (including phenoxy) is 1. The van der Waals surface area contributed by atoms with Gasteiger partial charge in [0.25, 0.3) is 0 Å². The van der Waals surface area contributed by atoms with Gasteiger partial charge >= 0.3 is 0 Å². The van der Waals surface area contributed by atoms with E-state index in [0.29, 0.717) is 6.54 Å². The quantitative estimate of drug-likeness (QED) is 0.729. The summed E-state index contributed by atoms with van der Waals surface area (Å²) in [4.78, 5) is 4.79. The summed E-state index contributed by atoms with van der Waals surface area (Å²) in [5.74, 6) is 0. The summed E-state index contributed by atoms with van der Waals surface area (Å²) in [5.41, 5.74) is 5.18. The SMILES string of the molecule is CONCc1cccc(C(C)OC)c1. The van der Waals surface area contributed by atoms with Gasteiger partial charge < -0.3 is 9.57 Å². The van der Waals surface area contributed by atoms with Crippen LogP contribution in [0.15, 0.2) is 24.3 Å². The van der Waals surface area contributed by atoms with Gasteiger partial charge in [-0.3, -0.25) is 0 Å². The Hall–Kier alpha value is -0.900. The molecule has 0 spiro atoms. The van der Waals surface area contributed by atoms with E-state index in [1.807, 2.05) is 13.0 Å². The molecule has 14 heavy (non-hydrogen) atoms. The van der Waals surface area contributed by atoms with Crippen molar-refractivity contribution in [3.8, 4) is 0 Å². The zero-order chi connectivity index (χ0) is 10.4. The van der Waals surface area contributed by atoms with Crippen LogP contribution < -0.4 is 5.48 Å². The maximum absolute atomic E-state index is 5.24. The lowest BCUT2D eigenvalue weighted by Crippen LogP contribution is -2.11. The molecule has 0 fully saturated rings. The van der Waals surface area contributed by atoms with E-state index in [1.54, 1.807) is 14.2 Å². The molecule has 0 aliphatic rings. The number of nitrogens with one attached hydrogen (secondary N) is 1. The normalized spacial score (nSPS) is 12.8. The van der Waals surface area contributed by atoms with Gasteiger partial charge in [-0.2, -0.15) is 5.48 Å². The number of benzene rings is 1. The van der Waals surface area contributed by atoms with Crippen molar-refractivity contribution < 1.29 is 9.57 Å². The molecule has 1 N–H and O–H groups in total. The first-order chi connectivity index (χ1) is 6.77. The average molecular weight is 195 g/mol. The summed E-state index contributed by atoms with van der Waals surface area (Å²) >= 11 is 0. The number of rotatable bonds is 5. The van der Waals surface area contributed by atoms with Crippen LogP contribution in [0.3, 0.4) is 0 Å². The smallest absolute Gasteiger partial charge is 0.0793 e. The van der Waals surface area contributed by atoms with Gasteiger partial charge in [-0.05, 0) is 18.1 Å². The first kappa shape index (κ1) is 11.2. The number of methoxy groups -OCH3 is 1. The molecule has 0 saturated heterocycles. The molecule has 0 heterocycles. The van der Waals surface area contributed by atoms with Crippen LogP contribution in [-0.4, -0.2) is 14.2 Å². The van der Waals surface area contributed by atoms with Crippen LogP contribution in [0.4, 0.5) is 0 Å². The van der Waals surface area contributed by atoms with Crippen molar-refractivity contribution in [3.05, 3.63) is 35.4 Å². The molecule has 78 valence electrons. The fourth-order valence-electron chi connectivity index (χ4n) is 1.25. The van der Waals surface area contributed by atoms with Gasteiger partial charge in [-0.15, -0.1) is 0 Å². The van der Waals surface area contributed by atoms with Gasteiger partial charge in [0.2, 0.25) is 0 Å². The van der Waals surface area contributed by atoms with Gasteiger partial charge in [0.15, 0.2) is 0 Å². The molecule has 0 radical (unpaired) electrons. The van der Waals surface area contributed by atoms with E-state index in [9.17, 15) is 0 Å². The summed E-state index contributed by atoms with van der Waals surface area (Å²) < 4.78 is 5.24. The Labute approximate surface area is 85.0 Å². The Kier molecular flexibility index (Phi) is 4.59. The highest BCUT2D eigenvalue weighted by Gasteiger charge is 2.03. The first-order valence-corrected chi connectivity index (χ1v) is 4.65. The fourth-order valence-corrected chi connectivity index (χ4v) is 1.25. The Morgan fingerprint density at radius 1 is 1.36 bits per heavy atom. The second-order valence-electron chi connectivity index (χ2n) is 3.15. The van der Waals surface area contributed by atoms with Crippen LogP contribution in [0.25, 0.3) is 0 Å². The first-order valence-electron chi connectivity index (χ1n) is 4.65. The summed E-state index contributed by atoms with van der Waals surface area (Å²) in [6, 6.07) is 8.25. The van der Waals surface area contributed by atoms with Crippen molar-refractivity contribution >= 4 is 0 Å². The molecule has 1 atom stereocenters. The van der Waals surface area contributed by atoms with Crippen molar-refractivity contribution in [2.75, 3.05) is 14.2 Å². The van der Waals surface area contributed by atoms with Gasteiger partial charge in [-0.1, -0.05) is 24.3 Å². The highest BCUT2D eigenvalue weighted by Crippen LogP contribution is 2.16. The minimum absolute atomic E-state index is 0.137. The van der Waals surface area contributed by atoms with E-state index in [2.05, 4.69) is 23.7 Å². The van der Waals surface area contributed by atoms with E-state index in [1.165, 1.54) is 11.1 Å². The predicted octanol–water partition coefficient (Wildman–Crippen LogP) is 2.04. The zero-order valence-electron chi connectivity index (χ0n) is 8.91. The third-order valence-corrected chi connectivity index (χ3v) is 2.19. The van der Waals surface area contributed by atoms with Crippen molar-refractivity contribution in [1.29, 1.82) is 0 Å². The molecular formula is C11H17NO2. The molecule has 0 bridgehead atoms. The van der Waals surface area contributed by atoms with E-state index in [-0.39, 0.29) is 6.10 Å². The summed E-state index contributed by atoms with van der Waals surface area (Å²) in [7, 11) is 3.33. The van der Waals surface area contributed by atoms with Crippen molar-refractivity contribution in [2.24, 2.45) is 0 Å². The predicted molar refractivity (Wildman–Crippen MR) is 55.7 cm³/mol. The Bertz CT molecular complexity index is 276. The van der Waals surface area contributed by atoms with Crippen molar-refractivity contribution in [1.82, 2.24) is 5.48 Å². The van der Waals surface area contributed by atoms with Gasteiger partial charge in [0.05, 0.1) is 13.2 Å². The van der Waals surface area contributed by atoms with Gasteiger partial charge in [-0.25, -0.2) is 0 Å². The lowest BCUT2D eigenvalue weighted by atomic mass is 10.1. The molecule has 0 saturated carbocycles. The standard InChI is InChI=1S/C11H17NO2/c1-9(13-2)11-6-4-5-10(7-11)8-12-14-3/h4-7,9,12H,8H2,1-3H3. The lowest BCUT2D eigenvalue weighted by molar-refractivity contribution is 0.0865. The third-order valence-electron chi connectivity index (χ3n) is 2.19. The van der Waals surface area contributed by atoms with Crippen LogP contribution in [0.2, 0.25) is 0 Å². The Morgan fingerprint density at radius 2 is 2.14 bits per heavy atom. The number of hydrogen-bond acceptors (Lipinski definition) is 3. The molecule has 1 rings (SSSR count). The summed E-state index contributed by atoms with van der Waals surface area (Å²) in [6.07, 6.45) is 0.137. The minimum atomic E-state index is 0.137. The average Bonchev–Trinajstić information content (AvgIpc) is 2.25. The van der Waals surface area contributed by atoms with Crippen LogP contribution in [0, 0.1) is 0 Å². The van der Waals surface area contributed by atoms with Crippen LogP contribution >= 0.6 is 0 Å². The van der Waals surface area contributed by atoms with Gasteiger partial charge in [0, 0.05) is 13.7 Å². The lowest BCUT2D eigenvalue weighted by Gasteiger charge is -2.11. The molecule has 3 nitrogen and oxygen atoms in total. The van der Waals surface area contributed by atoms with E-state index < -0.39 is 0 Å². The second kappa shape index (κ2) is 5.75. The molecule has 3 heteroatoms. The van der Waals surface area contributed by atoms with Crippen LogP contribution in [0.5, 0.6) is 0 Å². The molecule has 0 aromatic heterocycles. The highest BCUT2D eigenvalue weighted by molar-refractivity contribution is 5.24. The van der Waals surface area contributed by atoms with E-state index >= 15 is 0 Å². The van der Waals surface area contributed by atoms with Crippen molar-refractivity contribution in [3.63, 3.8) is 0 Å². The molecule has 1 unspecified atom stereocenters. The molecule has 0 amide bonds. The maximum atomic E-state index is 5.24. The number of hydroxylamine groups is 1. The van der Waals surface area contributed by atoms with Crippen LogP contribution in [0.1, 0.15) is 24.2 Å². The molecule has 0 aliphatic heterocycles. The highest BCUT2D eigenvalue weighted by atomic mass is 16.6. The Morgan fingerprint density at radius 3 is 2.79 bits per heavy atom. The fraction of sp³-hybridized carbons (Fsp3) is 0.455. The largest absolute Gasteiger partial charge is 0.377 e. The maximum Gasteiger partial charge on any atom is 0.0793 e. The third kappa shape index (κ3) is 3.10. The molecule has 1 aromatic rings. The van der Waals surface area contributed by atoms with E-state index in [0.717, 1.165) is 0 Å². The molecule has 0 aliphatic carbocycles. The minimum Gasteiger partial charge on any atom is -0.377 e. The number of hydrogen-bond donors (Lipinski definition) is 1. The Balaban J connectivity index is 2.68. The zero-order valence-corrected chi connectivity index (χ0v) is 8.91. The topological polar surface area (TPSA) is 30.5 Å².